The Morgan fingerprint density at radius 3 is 2.19 bits per heavy atom. The van der Waals surface area contributed by atoms with Crippen LogP contribution in [0.25, 0.3) is 5.76 Å². The lowest BCUT2D eigenvalue weighted by Gasteiger charge is -2.25. The number of para-hydroxylation sites is 2. The number of nitro benzene ring substituents is 1. The number of amides is 1. The van der Waals surface area contributed by atoms with Crippen molar-refractivity contribution < 1.29 is 19.6 Å². The number of aliphatic hydroxyl groups excluding tert-OH is 1. The summed E-state index contributed by atoms with van der Waals surface area (Å²) >= 11 is 5.91. The maximum atomic E-state index is 13.0. The SMILES string of the molecule is O=C1C(=O)N(c2ccccc2)[C@@H](c2ccccc2[N+](=O)[O-])C1=C(O)c1ccc(Cl)cc1. The summed E-state index contributed by atoms with van der Waals surface area (Å²) < 4.78 is 0. The summed E-state index contributed by atoms with van der Waals surface area (Å²) in [6.07, 6.45) is 0. The van der Waals surface area contributed by atoms with E-state index in [-0.39, 0.29) is 22.4 Å². The number of carbonyl (C=O) groups excluding carboxylic acids is 2. The van der Waals surface area contributed by atoms with Gasteiger partial charge in [0.1, 0.15) is 11.8 Å². The van der Waals surface area contributed by atoms with Gasteiger partial charge >= 0.3 is 0 Å². The molecule has 1 fully saturated rings. The van der Waals surface area contributed by atoms with Crippen LogP contribution >= 0.6 is 11.6 Å². The standard InChI is InChI=1S/C23H15ClN2O5/c24-15-12-10-14(11-13-15)21(27)19-20(17-8-4-5-9-18(17)26(30)31)25(23(29)22(19)28)16-6-2-1-3-7-16/h1-13,20,27H/t20-/m0/s1. The van der Waals surface area contributed by atoms with E-state index >= 15 is 0 Å². The van der Waals surface area contributed by atoms with E-state index in [1.54, 1.807) is 36.4 Å². The molecule has 154 valence electrons. The minimum Gasteiger partial charge on any atom is -0.507 e. The maximum Gasteiger partial charge on any atom is 0.300 e. The van der Waals surface area contributed by atoms with Gasteiger partial charge in [0.25, 0.3) is 17.4 Å². The molecule has 4 rings (SSSR count). The molecular weight excluding hydrogens is 420 g/mol. The lowest BCUT2D eigenvalue weighted by atomic mass is 9.94. The van der Waals surface area contributed by atoms with Gasteiger partial charge in [-0.15, -0.1) is 0 Å². The summed E-state index contributed by atoms with van der Waals surface area (Å²) in [5.74, 6) is -2.25. The van der Waals surface area contributed by atoms with Gasteiger partial charge in [-0.3, -0.25) is 24.6 Å². The van der Waals surface area contributed by atoms with Crippen LogP contribution in [0.3, 0.4) is 0 Å². The van der Waals surface area contributed by atoms with Crippen LogP contribution in [0.2, 0.25) is 5.02 Å². The summed E-state index contributed by atoms with van der Waals surface area (Å²) in [5, 5.41) is 23.1. The fourth-order valence-corrected chi connectivity index (χ4v) is 3.76. The highest BCUT2D eigenvalue weighted by Gasteiger charge is 2.48. The van der Waals surface area contributed by atoms with Crippen LogP contribution in [0.1, 0.15) is 17.2 Å². The summed E-state index contributed by atoms with van der Waals surface area (Å²) in [5.41, 5.74) is 0.260. The molecule has 1 aliphatic rings. The highest BCUT2D eigenvalue weighted by atomic mass is 35.5. The molecule has 0 bridgehead atoms. The zero-order valence-corrected chi connectivity index (χ0v) is 16.7. The van der Waals surface area contributed by atoms with E-state index in [0.29, 0.717) is 10.7 Å². The second-order valence-corrected chi connectivity index (χ2v) is 7.26. The van der Waals surface area contributed by atoms with Crippen LogP contribution < -0.4 is 4.90 Å². The van der Waals surface area contributed by atoms with Crippen LogP contribution in [0.15, 0.2) is 84.4 Å². The van der Waals surface area contributed by atoms with Crippen LogP contribution in [0.4, 0.5) is 11.4 Å². The number of hydrogen-bond donors (Lipinski definition) is 1. The van der Waals surface area contributed by atoms with Crippen molar-refractivity contribution in [2.75, 3.05) is 4.90 Å². The first-order chi connectivity index (χ1) is 14.9. The third-order valence-corrected chi connectivity index (χ3v) is 5.28. The van der Waals surface area contributed by atoms with Crippen molar-refractivity contribution in [2.24, 2.45) is 0 Å². The molecule has 0 spiro atoms. The van der Waals surface area contributed by atoms with E-state index in [1.807, 2.05) is 0 Å². The average molecular weight is 435 g/mol. The molecule has 8 heteroatoms. The molecule has 1 amide bonds. The summed E-state index contributed by atoms with van der Waals surface area (Å²) in [7, 11) is 0. The number of carbonyl (C=O) groups is 2. The van der Waals surface area contributed by atoms with Gasteiger partial charge in [-0.05, 0) is 42.5 Å². The van der Waals surface area contributed by atoms with E-state index < -0.39 is 28.4 Å². The van der Waals surface area contributed by atoms with Gasteiger partial charge in [0, 0.05) is 22.3 Å². The molecule has 0 aromatic heterocycles. The number of ketones is 1. The van der Waals surface area contributed by atoms with Gasteiger partial charge < -0.3 is 5.11 Å². The van der Waals surface area contributed by atoms with Gasteiger partial charge in [-0.2, -0.15) is 0 Å². The molecule has 31 heavy (non-hydrogen) atoms. The number of anilines is 1. The first-order valence-electron chi connectivity index (χ1n) is 9.25. The zero-order valence-electron chi connectivity index (χ0n) is 15.9. The van der Waals surface area contributed by atoms with Crippen molar-refractivity contribution in [3.63, 3.8) is 0 Å². The molecular formula is C23H15ClN2O5. The van der Waals surface area contributed by atoms with E-state index in [0.717, 1.165) is 0 Å². The number of nitrogens with zero attached hydrogens (tertiary/aromatic N) is 2. The number of halogens is 1. The van der Waals surface area contributed by atoms with Crippen LogP contribution in [-0.2, 0) is 9.59 Å². The molecule has 1 atom stereocenters. The maximum absolute atomic E-state index is 13.0. The third kappa shape index (κ3) is 3.55. The summed E-state index contributed by atoms with van der Waals surface area (Å²) in [6, 6.07) is 19.1. The van der Waals surface area contributed by atoms with Gasteiger partial charge in [-0.1, -0.05) is 41.9 Å². The summed E-state index contributed by atoms with van der Waals surface area (Å²) in [6.45, 7) is 0. The molecule has 1 saturated heterocycles. The van der Waals surface area contributed by atoms with Gasteiger partial charge in [0.05, 0.1) is 16.1 Å². The molecule has 0 unspecified atom stereocenters. The Morgan fingerprint density at radius 1 is 0.935 bits per heavy atom. The second kappa shape index (κ2) is 8.04. The Kier molecular flexibility index (Phi) is 5.27. The Balaban J connectivity index is 2.01. The number of benzene rings is 3. The Bertz CT molecular complexity index is 1220. The Labute approximate surface area is 182 Å². The van der Waals surface area contributed by atoms with E-state index in [4.69, 9.17) is 11.6 Å². The molecule has 7 nitrogen and oxygen atoms in total. The van der Waals surface area contributed by atoms with Crippen molar-refractivity contribution in [2.45, 2.75) is 6.04 Å². The minimum atomic E-state index is -1.18. The van der Waals surface area contributed by atoms with Crippen molar-refractivity contribution in [1.29, 1.82) is 0 Å². The highest BCUT2D eigenvalue weighted by Crippen LogP contribution is 2.44. The Morgan fingerprint density at radius 2 is 1.55 bits per heavy atom. The normalized spacial score (nSPS) is 17.7. The second-order valence-electron chi connectivity index (χ2n) is 6.83. The largest absolute Gasteiger partial charge is 0.507 e. The molecule has 0 aliphatic carbocycles. The topological polar surface area (TPSA) is 101 Å². The van der Waals surface area contributed by atoms with Crippen molar-refractivity contribution in [1.82, 2.24) is 0 Å². The van der Waals surface area contributed by atoms with Crippen LogP contribution in [0.5, 0.6) is 0 Å². The van der Waals surface area contributed by atoms with Gasteiger partial charge in [-0.25, -0.2) is 0 Å². The first-order valence-corrected chi connectivity index (χ1v) is 9.63. The van der Waals surface area contributed by atoms with E-state index in [2.05, 4.69) is 0 Å². The lowest BCUT2D eigenvalue weighted by Crippen LogP contribution is -2.29. The monoisotopic (exact) mass is 434 g/mol. The zero-order chi connectivity index (χ0) is 22.1. The molecule has 3 aromatic rings. The predicted octanol–water partition coefficient (Wildman–Crippen LogP) is 4.87. The molecule has 1 aliphatic heterocycles. The predicted molar refractivity (Wildman–Crippen MR) is 116 cm³/mol. The number of nitro groups is 1. The van der Waals surface area contributed by atoms with Crippen LogP contribution in [-0.4, -0.2) is 21.7 Å². The van der Waals surface area contributed by atoms with Crippen LogP contribution in [0, 0.1) is 10.1 Å². The highest BCUT2D eigenvalue weighted by molar-refractivity contribution is 6.51. The molecule has 0 radical (unpaired) electrons. The lowest BCUT2D eigenvalue weighted by molar-refractivity contribution is -0.385. The fourth-order valence-electron chi connectivity index (χ4n) is 3.63. The van der Waals surface area contributed by atoms with Gasteiger partial charge in [0.2, 0.25) is 0 Å². The Hall–Kier alpha value is -3.97. The first kappa shape index (κ1) is 20.3. The molecule has 1 heterocycles. The number of Topliss-reactive ketones (excluding diaryl/α,β-unsaturated/α-hetero) is 1. The average Bonchev–Trinajstić information content (AvgIpc) is 3.05. The van der Waals surface area contributed by atoms with Crippen molar-refractivity contribution >= 4 is 40.4 Å². The number of aliphatic hydroxyl groups is 1. The molecule has 1 N–H and O–H groups in total. The summed E-state index contributed by atoms with van der Waals surface area (Å²) in [4.78, 5) is 38.3. The van der Waals surface area contributed by atoms with Gasteiger partial charge in [0.15, 0.2) is 0 Å². The minimum absolute atomic E-state index is 0.117. The van der Waals surface area contributed by atoms with E-state index in [9.17, 15) is 24.8 Å². The number of hydrogen-bond acceptors (Lipinski definition) is 5. The fraction of sp³-hybridized carbons (Fsp3) is 0.0435. The third-order valence-electron chi connectivity index (χ3n) is 5.02. The van der Waals surface area contributed by atoms with Crippen molar-refractivity contribution in [3.8, 4) is 0 Å². The molecule has 0 saturated carbocycles. The molecule has 3 aromatic carbocycles. The van der Waals surface area contributed by atoms with E-state index in [1.165, 1.54) is 47.4 Å². The number of rotatable bonds is 4. The quantitative estimate of drug-likeness (QED) is 0.207. The van der Waals surface area contributed by atoms with Crippen molar-refractivity contribution in [3.05, 3.63) is 111 Å². The smallest absolute Gasteiger partial charge is 0.300 e.